The molecule has 0 aliphatic heterocycles. The van der Waals surface area contributed by atoms with E-state index in [0.717, 1.165) is 34.8 Å². The number of halogens is 2. The number of rotatable bonds is 7. The van der Waals surface area contributed by atoms with Gasteiger partial charge in [-0.3, -0.25) is 4.79 Å². The third kappa shape index (κ3) is 5.53. The Labute approximate surface area is 228 Å². The SMILES string of the molecule is COc1cc(C=Nn2c(C3CCCCC3)nc3ccccc3c2=O)cc(I)c1OCc1ccccc1F. The number of nitrogens with zero attached hydrogens (tertiary/aromatic N) is 3. The molecular formula is C29H27FIN3O3. The van der Waals surface area contributed by atoms with Crippen LogP contribution in [0.15, 0.2) is 70.6 Å². The van der Waals surface area contributed by atoms with Crippen LogP contribution in [-0.4, -0.2) is 23.0 Å². The van der Waals surface area contributed by atoms with Gasteiger partial charge < -0.3 is 9.47 Å². The zero-order valence-electron chi connectivity index (χ0n) is 20.5. The number of methoxy groups -OCH3 is 1. The fraction of sp³-hybridized carbons (Fsp3) is 0.276. The number of fused-ring (bicyclic) bond motifs is 1. The van der Waals surface area contributed by atoms with Gasteiger partial charge in [-0.25, -0.2) is 9.37 Å². The molecule has 0 atom stereocenters. The first-order chi connectivity index (χ1) is 18.0. The molecule has 4 aromatic rings. The van der Waals surface area contributed by atoms with Crippen molar-refractivity contribution in [2.24, 2.45) is 5.10 Å². The van der Waals surface area contributed by atoms with Crippen molar-refractivity contribution < 1.29 is 13.9 Å². The molecule has 8 heteroatoms. The number of benzene rings is 3. The largest absolute Gasteiger partial charge is 0.493 e. The second-order valence-electron chi connectivity index (χ2n) is 9.10. The van der Waals surface area contributed by atoms with Crippen molar-refractivity contribution >= 4 is 39.7 Å². The minimum Gasteiger partial charge on any atom is -0.493 e. The van der Waals surface area contributed by atoms with E-state index in [1.54, 1.807) is 43.7 Å². The lowest BCUT2D eigenvalue weighted by molar-refractivity contribution is 0.277. The lowest BCUT2D eigenvalue weighted by Crippen LogP contribution is -2.25. The highest BCUT2D eigenvalue weighted by Crippen LogP contribution is 2.35. The number of hydrogen-bond donors (Lipinski definition) is 0. The molecule has 0 unspecified atom stereocenters. The molecule has 37 heavy (non-hydrogen) atoms. The van der Waals surface area contributed by atoms with Crippen molar-refractivity contribution in [1.82, 2.24) is 9.66 Å². The van der Waals surface area contributed by atoms with E-state index in [0.29, 0.717) is 33.8 Å². The van der Waals surface area contributed by atoms with E-state index in [1.165, 1.54) is 17.2 Å². The third-order valence-electron chi connectivity index (χ3n) is 6.65. The molecule has 0 amide bonds. The molecule has 1 fully saturated rings. The molecular weight excluding hydrogens is 584 g/mol. The van der Waals surface area contributed by atoms with E-state index in [9.17, 15) is 9.18 Å². The van der Waals surface area contributed by atoms with Crippen LogP contribution in [0.5, 0.6) is 11.5 Å². The summed E-state index contributed by atoms with van der Waals surface area (Å²) in [6, 6.07) is 17.6. The van der Waals surface area contributed by atoms with Crippen molar-refractivity contribution in [3.05, 3.63) is 97.4 Å². The van der Waals surface area contributed by atoms with Crippen LogP contribution in [0, 0.1) is 9.39 Å². The van der Waals surface area contributed by atoms with Crippen molar-refractivity contribution in [2.45, 2.75) is 44.6 Å². The first kappa shape index (κ1) is 25.4. The molecule has 6 nitrogen and oxygen atoms in total. The predicted octanol–water partition coefficient (Wildman–Crippen LogP) is 6.66. The Hall–Kier alpha value is -3.27. The molecule has 0 saturated heterocycles. The molecule has 190 valence electrons. The summed E-state index contributed by atoms with van der Waals surface area (Å²) in [5.41, 5.74) is 1.74. The summed E-state index contributed by atoms with van der Waals surface area (Å²) in [5, 5.41) is 5.16. The van der Waals surface area contributed by atoms with Crippen molar-refractivity contribution in [3.63, 3.8) is 0 Å². The van der Waals surface area contributed by atoms with Crippen LogP contribution in [0.25, 0.3) is 10.9 Å². The molecule has 1 aliphatic carbocycles. The van der Waals surface area contributed by atoms with Crippen LogP contribution in [0.3, 0.4) is 0 Å². The highest BCUT2D eigenvalue weighted by atomic mass is 127. The number of para-hydroxylation sites is 1. The number of aromatic nitrogens is 2. The molecule has 3 aromatic carbocycles. The third-order valence-corrected chi connectivity index (χ3v) is 7.45. The highest BCUT2D eigenvalue weighted by Gasteiger charge is 2.22. The van der Waals surface area contributed by atoms with E-state index in [2.05, 4.69) is 27.7 Å². The van der Waals surface area contributed by atoms with Crippen molar-refractivity contribution in [3.8, 4) is 11.5 Å². The zero-order chi connectivity index (χ0) is 25.8. The van der Waals surface area contributed by atoms with Gasteiger partial charge >= 0.3 is 0 Å². The average molecular weight is 611 g/mol. The van der Waals surface area contributed by atoms with E-state index in [4.69, 9.17) is 14.5 Å². The summed E-state index contributed by atoms with van der Waals surface area (Å²) in [4.78, 5) is 18.3. The van der Waals surface area contributed by atoms with Crippen LogP contribution >= 0.6 is 22.6 Å². The first-order valence-electron chi connectivity index (χ1n) is 12.3. The molecule has 0 bridgehead atoms. The van der Waals surface area contributed by atoms with Gasteiger partial charge in [-0.1, -0.05) is 49.6 Å². The summed E-state index contributed by atoms with van der Waals surface area (Å²) >= 11 is 2.16. The summed E-state index contributed by atoms with van der Waals surface area (Å²) in [7, 11) is 1.56. The van der Waals surface area contributed by atoms with Gasteiger partial charge in [0.15, 0.2) is 11.5 Å². The molecule has 0 spiro atoms. The van der Waals surface area contributed by atoms with E-state index >= 15 is 0 Å². The van der Waals surface area contributed by atoms with E-state index in [1.807, 2.05) is 24.3 Å². The predicted molar refractivity (Wildman–Crippen MR) is 151 cm³/mol. The monoisotopic (exact) mass is 611 g/mol. The summed E-state index contributed by atoms with van der Waals surface area (Å²) < 4.78 is 27.8. The topological polar surface area (TPSA) is 65.7 Å². The lowest BCUT2D eigenvalue weighted by Gasteiger charge is -2.22. The molecule has 1 heterocycles. The van der Waals surface area contributed by atoms with Crippen LogP contribution < -0.4 is 15.0 Å². The quantitative estimate of drug-likeness (QED) is 0.173. The maximum atomic E-state index is 14.0. The Morgan fingerprint density at radius 2 is 1.86 bits per heavy atom. The van der Waals surface area contributed by atoms with E-state index < -0.39 is 0 Å². The van der Waals surface area contributed by atoms with Crippen LogP contribution in [0.4, 0.5) is 4.39 Å². The fourth-order valence-electron chi connectivity index (χ4n) is 4.72. The molecule has 0 radical (unpaired) electrons. The second-order valence-corrected chi connectivity index (χ2v) is 10.3. The van der Waals surface area contributed by atoms with Gasteiger partial charge in [-0.15, -0.1) is 0 Å². The lowest BCUT2D eigenvalue weighted by atomic mass is 9.88. The Kier molecular flexibility index (Phi) is 7.83. The van der Waals surface area contributed by atoms with Gasteiger partial charge in [-0.05, 0) is 71.3 Å². The van der Waals surface area contributed by atoms with Gasteiger partial charge in [0.1, 0.15) is 18.2 Å². The zero-order valence-corrected chi connectivity index (χ0v) is 22.7. The Morgan fingerprint density at radius 1 is 1.11 bits per heavy atom. The minimum absolute atomic E-state index is 0.0787. The summed E-state index contributed by atoms with van der Waals surface area (Å²) in [6.07, 6.45) is 7.11. The smallest absolute Gasteiger partial charge is 0.282 e. The molecule has 5 rings (SSSR count). The van der Waals surface area contributed by atoms with E-state index in [-0.39, 0.29) is 23.9 Å². The van der Waals surface area contributed by atoms with Crippen LogP contribution in [0.1, 0.15) is 55.0 Å². The normalized spacial score (nSPS) is 14.4. The van der Waals surface area contributed by atoms with Crippen molar-refractivity contribution in [1.29, 1.82) is 0 Å². The summed E-state index contributed by atoms with van der Waals surface area (Å²) in [6.45, 7) is 0.0787. The fourth-order valence-corrected chi connectivity index (χ4v) is 5.50. The number of ether oxygens (including phenoxy) is 2. The molecule has 1 aliphatic rings. The van der Waals surface area contributed by atoms with Gasteiger partial charge in [-0.2, -0.15) is 9.78 Å². The first-order valence-corrected chi connectivity index (χ1v) is 13.4. The maximum absolute atomic E-state index is 14.0. The Bertz CT molecular complexity index is 1510. The average Bonchev–Trinajstić information content (AvgIpc) is 2.93. The second kappa shape index (κ2) is 11.4. The number of hydrogen-bond acceptors (Lipinski definition) is 5. The highest BCUT2D eigenvalue weighted by molar-refractivity contribution is 14.1. The summed E-state index contributed by atoms with van der Waals surface area (Å²) in [5.74, 6) is 1.62. The van der Waals surface area contributed by atoms with Gasteiger partial charge in [0.25, 0.3) is 5.56 Å². The molecule has 1 saturated carbocycles. The molecule has 0 N–H and O–H groups in total. The van der Waals surface area contributed by atoms with Crippen LogP contribution in [-0.2, 0) is 6.61 Å². The standard InChI is InChI=1S/C29H27FIN3O3/c1-36-26-16-19(15-24(31)27(26)37-18-21-11-5-7-13-23(21)30)17-32-34-28(20-9-3-2-4-10-20)33-25-14-8-6-12-22(25)29(34)35/h5-8,11-17,20H,2-4,9-10,18H2,1H3. The molecule has 1 aromatic heterocycles. The van der Waals surface area contributed by atoms with Crippen molar-refractivity contribution in [2.75, 3.05) is 7.11 Å². The van der Waals surface area contributed by atoms with Gasteiger partial charge in [0.2, 0.25) is 0 Å². The Morgan fingerprint density at radius 3 is 2.65 bits per heavy atom. The van der Waals surface area contributed by atoms with Gasteiger partial charge in [0.05, 0.1) is 27.8 Å². The maximum Gasteiger partial charge on any atom is 0.282 e. The Balaban J connectivity index is 1.49. The van der Waals surface area contributed by atoms with Gasteiger partial charge in [0, 0.05) is 11.5 Å². The minimum atomic E-state index is -0.316. The van der Waals surface area contributed by atoms with Crippen LogP contribution in [0.2, 0.25) is 0 Å².